The van der Waals surface area contributed by atoms with Crippen molar-refractivity contribution in [3.05, 3.63) is 30.5 Å². The summed E-state index contributed by atoms with van der Waals surface area (Å²) in [5.41, 5.74) is 7.17. The van der Waals surface area contributed by atoms with Crippen LogP contribution in [0.3, 0.4) is 0 Å². The molecule has 0 radical (unpaired) electrons. The van der Waals surface area contributed by atoms with E-state index < -0.39 is 0 Å². The van der Waals surface area contributed by atoms with Crippen LogP contribution >= 0.6 is 11.5 Å². The van der Waals surface area contributed by atoms with Gasteiger partial charge in [0.25, 0.3) is 5.89 Å². The fraction of sp³-hybridized carbons (Fsp3) is 0. The van der Waals surface area contributed by atoms with Gasteiger partial charge in [-0.3, -0.25) is 0 Å². The smallest absolute Gasteiger partial charge is 0.271 e. The minimum atomic E-state index is 0.414. The van der Waals surface area contributed by atoms with E-state index in [1.807, 2.05) is 12.1 Å². The lowest BCUT2D eigenvalue weighted by Gasteiger charge is -1.94. The molecular formula is C10H7N5OS. The van der Waals surface area contributed by atoms with E-state index in [0.717, 1.165) is 10.4 Å². The fourth-order valence-corrected chi connectivity index (χ4v) is 1.82. The summed E-state index contributed by atoms with van der Waals surface area (Å²) >= 11 is 1.21. The number of benzene rings is 1. The summed E-state index contributed by atoms with van der Waals surface area (Å²) in [6.45, 7) is 0. The van der Waals surface area contributed by atoms with Crippen LogP contribution in [0.5, 0.6) is 0 Å². The maximum Gasteiger partial charge on any atom is 0.271 e. The monoisotopic (exact) mass is 245 g/mol. The van der Waals surface area contributed by atoms with Crippen LogP contribution in [0.15, 0.2) is 35.0 Å². The van der Waals surface area contributed by atoms with Crippen molar-refractivity contribution < 1.29 is 4.52 Å². The molecule has 0 saturated heterocycles. The number of aromatic nitrogens is 4. The Balaban J connectivity index is 2.01. The predicted molar refractivity (Wildman–Crippen MR) is 63.0 cm³/mol. The second kappa shape index (κ2) is 3.95. The Morgan fingerprint density at radius 2 is 2.24 bits per heavy atom. The van der Waals surface area contributed by atoms with Crippen molar-refractivity contribution in [3.8, 4) is 22.2 Å². The topological polar surface area (TPSA) is 90.7 Å². The summed E-state index contributed by atoms with van der Waals surface area (Å²) < 4.78 is 8.87. The third-order valence-electron chi connectivity index (χ3n) is 2.14. The first-order chi connectivity index (χ1) is 8.33. The molecule has 0 aliphatic carbocycles. The Morgan fingerprint density at radius 3 is 3.00 bits per heavy atom. The second-order valence-electron chi connectivity index (χ2n) is 3.33. The van der Waals surface area contributed by atoms with Crippen molar-refractivity contribution >= 4 is 17.2 Å². The molecule has 2 N–H and O–H groups in total. The summed E-state index contributed by atoms with van der Waals surface area (Å²) in [6, 6.07) is 7.31. The maximum atomic E-state index is 5.69. The van der Waals surface area contributed by atoms with E-state index >= 15 is 0 Å². The number of rotatable bonds is 2. The molecule has 0 amide bonds. The first-order valence-electron chi connectivity index (χ1n) is 4.80. The molecule has 2 heterocycles. The molecule has 0 spiro atoms. The van der Waals surface area contributed by atoms with Crippen LogP contribution in [0.2, 0.25) is 0 Å². The van der Waals surface area contributed by atoms with Crippen LogP contribution in [0.4, 0.5) is 5.69 Å². The number of anilines is 1. The van der Waals surface area contributed by atoms with Crippen LogP contribution < -0.4 is 5.73 Å². The minimum Gasteiger partial charge on any atom is -0.399 e. The zero-order chi connectivity index (χ0) is 11.7. The lowest BCUT2D eigenvalue weighted by molar-refractivity contribution is 0.433. The van der Waals surface area contributed by atoms with Gasteiger partial charge in [0.15, 0.2) is 0 Å². The van der Waals surface area contributed by atoms with Gasteiger partial charge < -0.3 is 10.3 Å². The van der Waals surface area contributed by atoms with E-state index in [2.05, 4.69) is 19.7 Å². The quantitative estimate of drug-likeness (QED) is 0.693. The number of nitrogens with zero attached hydrogens (tertiary/aromatic N) is 4. The fourth-order valence-electron chi connectivity index (χ4n) is 1.38. The Kier molecular flexibility index (Phi) is 2.30. The zero-order valence-corrected chi connectivity index (χ0v) is 9.39. The summed E-state index contributed by atoms with van der Waals surface area (Å²) in [5, 5.41) is 7.61. The molecular weight excluding hydrogens is 238 g/mol. The third-order valence-corrected chi connectivity index (χ3v) is 2.80. The summed E-state index contributed by atoms with van der Waals surface area (Å²) in [6.07, 6.45) is 1.58. The molecule has 0 saturated carbocycles. The first kappa shape index (κ1) is 9.91. The highest BCUT2D eigenvalue weighted by Crippen LogP contribution is 2.24. The number of nitrogen functional groups attached to an aromatic ring is 1. The minimum absolute atomic E-state index is 0.414. The van der Waals surface area contributed by atoms with Gasteiger partial charge in [-0.05, 0) is 23.7 Å². The van der Waals surface area contributed by atoms with Crippen molar-refractivity contribution in [1.82, 2.24) is 19.7 Å². The SMILES string of the molecule is Nc1cccc(-c2noc(-c3cnns3)n2)c1. The van der Waals surface area contributed by atoms with Gasteiger partial charge in [-0.2, -0.15) is 4.98 Å². The number of nitrogens with two attached hydrogens (primary N) is 1. The Morgan fingerprint density at radius 1 is 1.29 bits per heavy atom. The zero-order valence-electron chi connectivity index (χ0n) is 8.57. The van der Waals surface area contributed by atoms with Gasteiger partial charge in [0, 0.05) is 11.3 Å². The lowest BCUT2D eigenvalue weighted by atomic mass is 10.2. The van der Waals surface area contributed by atoms with Crippen LogP contribution in [0.1, 0.15) is 0 Å². The molecule has 1 aromatic carbocycles. The standard InChI is InChI=1S/C10H7N5OS/c11-7-3-1-2-6(4-7)9-13-10(16-14-9)8-5-12-15-17-8/h1-5H,11H2. The Hall–Kier alpha value is -2.28. The summed E-state index contributed by atoms with van der Waals surface area (Å²) in [7, 11) is 0. The molecule has 17 heavy (non-hydrogen) atoms. The average molecular weight is 245 g/mol. The van der Waals surface area contributed by atoms with Gasteiger partial charge in [0.05, 0.1) is 6.20 Å². The van der Waals surface area contributed by atoms with Gasteiger partial charge in [-0.25, -0.2) is 0 Å². The molecule has 0 aliphatic heterocycles. The normalized spacial score (nSPS) is 10.6. The second-order valence-corrected chi connectivity index (χ2v) is 4.12. The molecule has 0 atom stereocenters. The van der Waals surface area contributed by atoms with Gasteiger partial charge in [-0.1, -0.05) is 21.8 Å². The van der Waals surface area contributed by atoms with E-state index in [9.17, 15) is 0 Å². The van der Waals surface area contributed by atoms with Gasteiger partial charge in [-0.15, -0.1) is 5.10 Å². The van der Waals surface area contributed by atoms with Crippen molar-refractivity contribution in [3.63, 3.8) is 0 Å². The van der Waals surface area contributed by atoms with Crippen molar-refractivity contribution in [2.24, 2.45) is 0 Å². The molecule has 0 aliphatic rings. The molecule has 0 unspecified atom stereocenters. The molecule has 3 rings (SSSR count). The van der Waals surface area contributed by atoms with Crippen molar-refractivity contribution in [2.45, 2.75) is 0 Å². The van der Waals surface area contributed by atoms with Crippen molar-refractivity contribution in [1.29, 1.82) is 0 Å². The van der Waals surface area contributed by atoms with E-state index in [0.29, 0.717) is 17.4 Å². The van der Waals surface area contributed by atoms with Crippen LogP contribution in [-0.2, 0) is 0 Å². The van der Waals surface area contributed by atoms with E-state index in [1.165, 1.54) is 11.5 Å². The Labute approximate surface area is 100 Å². The van der Waals surface area contributed by atoms with Gasteiger partial charge >= 0.3 is 0 Å². The number of hydrogen-bond donors (Lipinski definition) is 1. The molecule has 6 nitrogen and oxygen atoms in total. The maximum absolute atomic E-state index is 5.69. The summed E-state index contributed by atoms with van der Waals surface area (Å²) in [5.74, 6) is 0.915. The molecule has 84 valence electrons. The average Bonchev–Trinajstić information content (AvgIpc) is 3.00. The highest BCUT2D eigenvalue weighted by molar-refractivity contribution is 7.09. The van der Waals surface area contributed by atoms with Gasteiger partial charge in [0.1, 0.15) is 4.88 Å². The molecule has 0 bridgehead atoms. The molecule has 3 aromatic rings. The first-order valence-corrected chi connectivity index (χ1v) is 5.57. The molecule has 2 aromatic heterocycles. The third kappa shape index (κ3) is 1.87. The largest absolute Gasteiger partial charge is 0.399 e. The lowest BCUT2D eigenvalue weighted by Crippen LogP contribution is -1.86. The number of hydrogen-bond acceptors (Lipinski definition) is 7. The predicted octanol–water partition coefficient (Wildman–Crippen LogP) is 1.84. The van der Waals surface area contributed by atoms with Crippen LogP contribution in [0, 0.1) is 0 Å². The van der Waals surface area contributed by atoms with Crippen LogP contribution in [0.25, 0.3) is 22.2 Å². The molecule has 0 fully saturated rings. The summed E-state index contributed by atoms with van der Waals surface area (Å²) in [4.78, 5) is 5.00. The molecule has 7 heteroatoms. The van der Waals surface area contributed by atoms with E-state index in [-0.39, 0.29) is 0 Å². The van der Waals surface area contributed by atoms with Crippen LogP contribution in [-0.4, -0.2) is 19.7 Å². The van der Waals surface area contributed by atoms with E-state index in [1.54, 1.807) is 18.3 Å². The highest BCUT2D eigenvalue weighted by atomic mass is 32.1. The van der Waals surface area contributed by atoms with Crippen molar-refractivity contribution in [2.75, 3.05) is 5.73 Å². The van der Waals surface area contributed by atoms with E-state index in [4.69, 9.17) is 10.3 Å². The van der Waals surface area contributed by atoms with Gasteiger partial charge in [0.2, 0.25) is 5.82 Å². The highest BCUT2D eigenvalue weighted by Gasteiger charge is 2.12. The Bertz CT molecular complexity index is 634.